The van der Waals surface area contributed by atoms with Crippen molar-refractivity contribution in [2.24, 2.45) is 0 Å². The number of rotatable bonds is 3. The normalized spacial score (nSPS) is 12.2. The molecule has 0 bridgehead atoms. The van der Waals surface area contributed by atoms with Crippen LogP contribution in [-0.2, 0) is 10.7 Å². The van der Waals surface area contributed by atoms with E-state index in [0.717, 1.165) is 5.56 Å². The van der Waals surface area contributed by atoms with Crippen molar-refractivity contribution < 1.29 is 14.4 Å². The lowest BCUT2D eigenvalue weighted by Crippen LogP contribution is -1.87. The molecule has 0 aliphatic carbocycles. The van der Waals surface area contributed by atoms with Crippen LogP contribution in [0.25, 0.3) is 6.08 Å². The van der Waals surface area contributed by atoms with Gasteiger partial charge < -0.3 is 9.79 Å². The fraction of sp³-hybridized carbons (Fsp3) is 0.200. The van der Waals surface area contributed by atoms with Gasteiger partial charge in [-0.15, -0.1) is 0 Å². The average Bonchev–Trinajstić information content (AvgIpc) is 2.02. The second kappa shape index (κ2) is 4.56. The fourth-order valence-corrected chi connectivity index (χ4v) is 1.90. The topological polar surface area (TPSA) is 57.5 Å². The summed E-state index contributed by atoms with van der Waals surface area (Å²) in [5, 5.41) is 0. The molecule has 0 fully saturated rings. The zero-order valence-electron chi connectivity index (χ0n) is 7.92. The van der Waals surface area contributed by atoms with E-state index in [1.807, 2.05) is 25.1 Å². The summed E-state index contributed by atoms with van der Waals surface area (Å²) in [4.78, 5) is 17.6. The largest absolute Gasteiger partial charge is 0.329 e. The Kier molecular flexibility index (Phi) is 3.64. The predicted octanol–water partition coefficient (Wildman–Crippen LogP) is 2.40. The van der Waals surface area contributed by atoms with Gasteiger partial charge in [-0.1, -0.05) is 36.4 Å². The van der Waals surface area contributed by atoms with Crippen LogP contribution in [0.15, 0.2) is 30.3 Å². The predicted molar refractivity (Wildman–Crippen MR) is 56.9 cm³/mol. The molecule has 0 atom stereocenters. The van der Waals surface area contributed by atoms with E-state index in [0.29, 0.717) is 5.56 Å². The molecule has 1 aromatic carbocycles. The summed E-state index contributed by atoms with van der Waals surface area (Å²) in [6.45, 7) is 1.90. The Balaban J connectivity index is 2.89. The zero-order valence-corrected chi connectivity index (χ0v) is 8.82. The van der Waals surface area contributed by atoms with Crippen LogP contribution in [0.1, 0.15) is 18.1 Å². The van der Waals surface area contributed by atoms with Crippen molar-refractivity contribution in [3.05, 3.63) is 41.5 Å². The summed E-state index contributed by atoms with van der Waals surface area (Å²) >= 11 is 0. The Hall–Kier alpha value is -0.890. The highest BCUT2D eigenvalue weighted by atomic mass is 31.2. The Labute approximate surface area is 83.3 Å². The molecular formula is C10H13O3P. The molecule has 4 heteroatoms. The van der Waals surface area contributed by atoms with Gasteiger partial charge in [-0.05, 0) is 18.1 Å². The smallest absolute Gasteiger partial charge is 0.324 e. The summed E-state index contributed by atoms with van der Waals surface area (Å²) < 4.78 is 10.7. The highest BCUT2D eigenvalue weighted by Gasteiger charge is 2.13. The van der Waals surface area contributed by atoms with Gasteiger partial charge in [-0.2, -0.15) is 0 Å². The van der Waals surface area contributed by atoms with Crippen LogP contribution in [0.4, 0.5) is 0 Å². The molecule has 0 heterocycles. The lowest BCUT2D eigenvalue weighted by molar-refractivity contribution is 0.372. The van der Waals surface area contributed by atoms with Gasteiger partial charge in [0.1, 0.15) is 0 Å². The first-order valence-corrected chi connectivity index (χ1v) is 6.07. The van der Waals surface area contributed by atoms with Gasteiger partial charge in [0, 0.05) is 0 Å². The third kappa shape index (κ3) is 3.88. The van der Waals surface area contributed by atoms with Crippen molar-refractivity contribution in [2.45, 2.75) is 13.1 Å². The molecule has 0 aliphatic heterocycles. The van der Waals surface area contributed by atoms with Gasteiger partial charge in [-0.25, -0.2) is 0 Å². The summed E-state index contributed by atoms with van der Waals surface area (Å²) in [5.74, 6) is 0. The Bertz CT molecular complexity index is 379. The van der Waals surface area contributed by atoms with E-state index < -0.39 is 7.60 Å². The van der Waals surface area contributed by atoms with Gasteiger partial charge in [0.05, 0.1) is 6.16 Å². The minimum absolute atomic E-state index is 0.196. The SMILES string of the molecule is CC=Cc1cccc(CP(=O)(O)O)c1. The first-order chi connectivity index (χ1) is 6.51. The third-order valence-electron chi connectivity index (χ3n) is 1.70. The van der Waals surface area contributed by atoms with E-state index in [2.05, 4.69) is 0 Å². The summed E-state index contributed by atoms with van der Waals surface area (Å²) in [5.41, 5.74) is 1.62. The molecule has 3 nitrogen and oxygen atoms in total. The van der Waals surface area contributed by atoms with E-state index in [9.17, 15) is 4.57 Å². The van der Waals surface area contributed by atoms with Gasteiger partial charge in [0.2, 0.25) is 0 Å². The first-order valence-electron chi connectivity index (χ1n) is 4.27. The minimum Gasteiger partial charge on any atom is -0.324 e. The highest BCUT2D eigenvalue weighted by molar-refractivity contribution is 7.50. The zero-order chi connectivity index (χ0) is 10.6. The Morgan fingerprint density at radius 1 is 1.43 bits per heavy atom. The van der Waals surface area contributed by atoms with Crippen LogP contribution in [0.2, 0.25) is 0 Å². The molecule has 0 amide bonds. The summed E-state index contributed by atoms with van der Waals surface area (Å²) in [6, 6.07) is 7.18. The molecule has 0 aromatic heterocycles. The maximum atomic E-state index is 10.7. The van der Waals surface area contributed by atoms with Gasteiger partial charge in [0.15, 0.2) is 0 Å². The standard InChI is InChI=1S/C10H13O3P/c1-2-4-9-5-3-6-10(7-9)8-14(11,12)13/h2-7H,8H2,1H3,(H2,11,12,13). The average molecular weight is 212 g/mol. The fourth-order valence-electron chi connectivity index (χ4n) is 1.23. The molecule has 0 aliphatic rings. The second-order valence-corrected chi connectivity index (χ2v) is 4.71. The molecule has 0 spiro atoms. The molecular weight excluding hydrogens is 199 g/mol. The van der Waals surface area contributed by atoms with Crippen molar-refractivity contribution in [3.63, 3.8) is 0 Å². The minimum atomic E-state index is -3.95. The molecule has 2 N–H and O–H groups in total. The van der Waals surface area contributed by atoms with E-state index in [4.69, 9.17) is 9.79 Å². The van der Waals surface area contributed by atoms with Crippen molar-refractivity contribution in [1.29, 1.82) is 0 Å². The van der Waals surface area contributed by atoms with Crippen LogP contribution in [0.5, 0.6) is 0 Å². The van der Waals surface area contributed by atoms with E-state index >= 15 is 0 Å². The van der Waals surface area contributed by atoms with Crippen molar-refractivity contribution in [2.75, 3.05) is 0 Å². The number of hydrogen-bond donors (Lipinski definition) is 2. The molecule has 0 unspecified atom stereocenters. The van der Waals surface area contributed by atoms with Gasteiger partial charge >= 0.3 is 7.60 Å². The number of hydrogen-bond acceptors (Lipinski definition) is 1. The summed E-state index contributed by atoms with van der Waals surface area (Å²) in [6.07, 6.45) is 3.58. The van der Waals surface area contributed by atoms with Crippen LogP contribution < -0.4 is 0 Å². The van der Waals surface area contributed by atoms with Crippen molar-refractivity contribution in [1.82, 2.24) is 0 Å². The maximum absolute atomic E-state index is 10.7. The van der Waals surface area contributed by atoms with Crippen LogP contribution in [0.3, 0.4) is 0 Å². The molecule has 0 radical (unpaired) electrons. The molecule has 0 saturated heterocycles. The van der Waals surface area contributed by atoms with Crippen LogP contribution in [-0.4, -0.2) is 9.79 Å². The first kappa shape index (κ1) is 11.2. The van der Waals surface area contributed by atoms with Gasteiger partial charge in [-0.3, -0.25) is 4.57 Å². The molecule has 14 heavy (non-hydrogen) atoms. The Morgan fingerprint density at radius 3 is 2.71 bits per heavy atom. The molecule has 0 saturated carbocycles. The van der Waals surface area contributed by atoms with E-state index in [-0.39, 0.29) is 6.16 Å². The monoisotopic (exact) mass is 212 g/mol. The third-order valence-corrected chi connectivity index (χ3v) is 2.48. The van der Waals surface area contributed by atoms with Crippen LogP contribution >= 0.6 is 7.60 Å². The highest BCUT2D eigenvalue weighted by Crippen LogP contribution is 2.39. The molecule has 1 aromatic rings. The lowest BCUT2D eigenvalue weighted by atomic mass is 10.1. The Morgan fingerprint density at radius 2 is 2.14 bits per heavy atom. The van der Waals surface area contributed by atoms with Crippen LogP contribution in [0, 0.1) is 0 Å². The van der Waals surface area contributed by atoms with E-state index in [1.54, 1.807) is 18.2 Å². The molecule has 1 rings (SSSR count). The van der Waals surface area contributed by atoms with Gasteiger partial charge in [0.25, 0.3) is 0 Å². The second-order valence-electron chi connectivity index (χ2n) is 3.07. The van der Waals surface area contributed by atoms with Crippen molar-refractivity contribution in [3.8, 4) is 0 Å². The molecule has 76 valence electrons. The van der Waals surface area contributed by atoms with E-state index in [1.165, 1.54) is 0 Å². The summed E-state index contributed by atoms with van der Waals surface area (Å²) in [7, 11) is -3.95. The number of benzene rings is 1. The number of allylic oxidation sites excluding steroid dienone is 1. The maximum Gasteiger partial charge on any atom is 0.329 e. The lowest BCUT2D eigenvalue weighted by Gasteiger charge is -2.04. The quantitative estimate of drug-likeness (QED) is 0.756. The van der Waals surface area contributed by atoms with Crippen molar-refractivity contribution >= 4 is 13.7 Å².